The Morgan fingerprint density at radius 3 is 2.75 bits per heavy atom. The lowest BCUT2D eigenvalue weighted by molar-refractivity contribution is -0.124. The van der Waals surface area contributed by atoms with Crippen LogP contribution >= 0.6 is 0 Å². The van der Waals surface area contributed by atoms with Gasteiger partial charge in [-0.2, -0.15) is 0 Å². The molecule has 0 fully saturated rings. The highest BCUT2D eigenvalue weighted by molar-refractivity contribution is 5.88. The Morgan fingerprint density at radius 2 is 2.10 bits per heavy atom. The third-order valence-electron chi connectivity index (χ3n) is 3.38. The lowest BCUT2D eigenvalue weighted by Crippen LogP contribution is -2.25. The van der Waals surface area contributed by atoms with Gasteiger partial charge in [-0.1, -0.05) is 36.3 Å². The molecule has 0 saturated carbocycles. The van der Waals surface area contributed by atoms with Crippen molar-refractivity contribution < 1.29 is 13.6 Å². The third-order valence-corrected chi connectivity index (χ3v) is 3.38. The Kier molecular flexibility index (Phi) is 7.20. The summed E-state index contributed by atoms with van der Waals surface area (Å²) in [5.74, 6) is -0.0564. The number of carbonyl (C=O) groups excluding carboxylic acids is 1. The summed E-state index contributed by atoms with van der Waals surface area (Å²) < 4.78 is 24.4. The van der Waals surface area contributed by atoms with Gasteiger partial charge in [-0.05, 0) is 25.7 Å². The first-order chi connectivity index (χ1) is 9.52. The fourth-order valence-electron chi connectivity index (χ4n) is 2.09. The van der Waals surface area contributed by atoms with Crippen molar-refractivity contribution in [3.63, 3.8) is 0 Å². The van der Waals surface area contributed by atoms with Gasteiger partial charge in [0.15, 0.2) is 0 Å². The third kappa shape index (κ3) is 6.13. The second kappa shape index (κ2) is 8.67. The quantitative estimate of drug-likeness (QED) is 0.743. The maximum Gasteiger partial charge on any atom is 0.246 e. The lowest BCUT2D eigenvalue weighted by atomic mass is 9.97. The normalized spacial score (nSPS) is 24.1. The molecular weight excluding hydrogens is 260 g/mol. The number of hydrogen-bond donors (Lipinski definition) is 0. The molecule has 112 valence electrons. The summed E-state index contributed by atoms with van der Waals surface area (Å²) in [6, 6.07) is 0. The smallest absolute Gasteiger partial charge is 0.246 e. The maximum atomic E-state index is 12.2. The van der Waals surface area contributed by atoms with E-state index in [4.69, 9.17) is 0 Å². The van der Waals surface area contributed by atoms with E-state index in [1.54, 1.807) is 18.0 Å². The summed E-state index contributed by atoms with van der Waals surface area (Å²) >= 11 is 0. The van der Waals surface area contributed by atoms with Gasteiger partial charge in [0, 0.05) is 26.1 Å². The number of alkyl halides is 2. The minimum absolute atomic E-state index is 0.0564. The topological polar surface area (TPSA) is 20.3 Å². The molecule has 4 heteroatoms. The van der Waals surface area contributed by atoms with Crippen LogP contribution in [-0.4, -0.2) is 30.8 Å². The molecule has 0 aromatic rings. The average Bonchev–Trinajstić information content (AvgIpc) is 2.40. The van der Waals surface area contributed by atoms with Crippen LogP contribution in [0.1, 0.15) is 39.0 Å². The number of nitrogens with zero attached hydrogens (tertiary/aromatic N) is 1. The highest BCUT2D eigenvalue weighted by atomic mass is 19.3. The molecule has 1 rings (SSSR count). The molecule has 1 amide bonds. The van der Waals surface area contributed by atoms with Gasteiger partial charge in [0.05, 0.1) is 0 Å². The van der Waals surface area contributed by atoms with E-state index in [2.05, 4.69) is 13.0 Å². The first-order valence-electron chi connectivity index (χ1n) is 7.10. The van der Waals surface area contributed by atoms with E-state index in [0.717, 1.165) is 12.0 Å². The van der Waals surface area contributed by atoms with E-state index < -0.39 is 6.43 Å². The van der Waals surface area contributed by atoms with Gasteiger partial charge >= 0.3 is 0 Å². The predicted molar refractivity (Wildman–Crippen MR) is 77.7 cm³/mol. The SMILES string of the molecule is CC/C1=C\C=C/CN(C)C(=O)/C=C(/CCCC(F)F)C1. The van der Waals surface area contributed by atoms with Crippen LogP contribution in [0.25, 0.3) is 0 Å². The molecule has 0 aromatic heterocycles. The highest BCUT2D eigenvalue weighted by Gasteiger charge is 2.10. The highest BCUT2D eigenvalue weighted by Crippen LogP contribution is 2.21. The molecule has 0 aromatic carbocycles. The molecule has 0 aliphatic carbocycles. The average molecular weight is 283 g/mol. The maximum absolute atomic E-state index is 12.2. The number of likely N-dealkylation sites (N-methyl/N-ethyl adjacent to an activating group) is 1. The number of hydrogen-bond acceptors (Lipinski definition) is 1. The van der Waals surface area contributed by atoms with Crippen LogP contribution in [0.2, 0.25) is 0 Å². The number of rotatable bonds is 5. The summed E-state index contributed by atoms with van der Waals surface area (Å²) in [4.78, 5) is 13.6. The van der Waals surface area contributed by atoms with E-state index in [1.165, 1.54) is 5.57 Å². The first-order valence-corrected chi connectivity index (χ1v) is 7.10. The molecule has 0 atom stereocenters. The van der Waals surface area contributed by atoms with Gasteiger partial charge in [0.2, 0.25) is 12.3 Å². The van der Waals surface area contributed by atoms with E-state index in [-0.39, 0.29) is 12.3 Å². The second-order valence-electron chi connectivity index (χ2n) is 5.09. The molecule has 0 N–H and O–H groups in total. The fraction of sp³-hybridized carbons (Fsp3) is 0.562. The Labute approximate surface area is 119 Å². The summed E-state index contributed by atoms with van der Waals surface area (Å²) in [5.41, 5.74) is 2.17. The molecule has 0 saturated heterocycles. The van der Waals surface area contributed by atoms with E-state index in [1.807, 2.05) is 12.2 Å². The van der Waals surface area contributed by atoms with Gasteiger partial charge in [-0.25, -0.2) is 8.78 Å². The first kappa shape index (κ1) is 16.6. The van der Waals surface area contributed by atoms with Crippen LogP contribution in [-0.2, 0) is 4.79 Å². The monoisotopic (exact) mass is 283 g/mol. The van der Waals surface area contributed by atoms with Crippen LogP contribution in [0.5, 0.6) is 0 Å². The molecule has 2 nitrogen and oxygen atoms in total. The molecule has 0 bridgehead atoms. The van der Waals surface area contributed by atoms with E-state index >= 15 is 0 Å². The Hall–Kier alpha value is -1.45. The summed E-state index contributed by atoms with van der Waals surface area (Å²) in [6.45, 7) is 2.63. The number of halogens is 2. The van der Waals surface area contributed by atoms with Gasteiger partial charge < -0.3 is 4.90 Å². The van der Waals surface area contributed by atoms with Gasteiger partial charge in [0.25, 0.3) is 0 Å². The largest absolute Gasteiger partial charge is 0.338 e. The van der Waals surface area contributed by atoms with Crippen LogP contribution in [0.3, 0.4) is 0 Å². The van der Waals surface area contributed by atoms with Gasteiger partial charge in [-0.3, -0.25) is 4.79 Å². The lowest BCUT2D eigenvalue weighted by Gasteiger charge is -2.16. The van der Waals surface area contributed by atoms with E-state index in [9.17, 15) is 13.6 Å². The zero-order chi connectivity index (χ0) is 15.0. The van der Waals surface area contributed by atoms with Crippen LogP contribution in [0, 0.1) is 0 Å². The minimum Gasteiger partial charge on any atom is -0.338 e. The number of amides is 1. The molecule has 20 heavy (non-hydrogen) atoms. The van der Waals surface area contributed by atoms with Crippen molar-refractivity contribution in [2.75, 3.05) is 13.6 Å². The molecule has 0 spiro atoms. The van der Waals surface area contributed by atoms with Crippen LogP contribution < -0.4 is 0 Å². The minimum atomic E-state index is -2.27. The van der Waals surface area contributed by atoms with Crippen molar-refractivity contribution in [3.05, 3.63) is 35.5 Å². The zero-order valence-electron chi connectivity index (χ0n) is 12.2. The van der Waals surface area contributed by atoms with Crippen molar-refractivity contribution >= 4 is 5.91 Å². The molecule has 1 aliphatic rings. The Balaban J connectivity index is 2.81. The van der Waals surface area contributed by atoms with Crippen molar-refractivity contribution in [1.82, 2.24) is 4.90 Å². The fourth-order valence-corrected chi connectivity index (χ4v) is 2.09. The zero-order valence-corrected chi connectivity index (χ0v) is 12.2. The van der Waals surface area contributed by atoms with Gasteiger partial charge in [0.1, 0.15) is 0 Å². The molecule has 0 unspecified atom stereocenters. The van der Waals surface area contributed by atoms with Crippen molar-refractivity contribution in [1.29, 1.82) is 0 Å². The Bertz CT molecular complexity index is 411. The molecule has 0 radical (unpaired) electrons. The van der Waals surface area contributed by atoms with Gasteiger partial charge in [-0.15, -0.1) is 0 Å². The number of allylic oxidation sites excluding steroid dienone is 4. The van der Waals surface area contributed by atoms with Crippen LogP contribution in [0.15, 0.2) is 35.5 Å². The van der Waals surface area contributed by atoms with Crippen molar-refractivity contribution in [2.45, 2.75) is 45.5 Å². The van der Waals surface area contributed by atoms with E-state index in [0.29, 0.717) is 25.8 Å². The summed E-state index contributed by atoms with van der Waals surface area (Å²) in [5, 5.41) is 0. The Morgan fingerprint density at radius 1 is 1.35 bits per heavy atom. The second-order valence-corrected chi connectivity index (χ2v) is 5.09. The molecular formula is C16H23F2NO. The van der Waals surface area contributed by atoms with Crippen molar-refractivity contribution in [3.8, 4) is 0 Å². The predicted octanol–water partition coefficient (Wildman–Crippen LogP) is 4.10. The number of carbonyl (C=O) groups is 1. The standard InChI is InChI=1S/C16H23F2NO/c1-3-13-7-4-5-10-19(2)16(20)12-14(11-13)8-6-9-15(17)18/h4-5,7,12,15H,3,6,8-11H2,1-2H3/b5-4-,13-7+,14-12-. The summed E-state index contributed by atoms with van der Waals surface area (Å²) in [7, 11) is 1.74. The summed E-state index contributed by atoms with van der Waals surface area (Å²) in [6.07, 6.45) is 7.80. The molecule has 1 heterocycles. The van der Waals surface area contributed by atoms with Crippen molar-refractivity contribution in [2.24, 2.45) is 0 Å². The van der Waals surface area contributed by atoms with Crippen LogP contribution in [0.4, 0.5) is 8.78 Å². The molecule has 1 aliphatic heterocycles.